The number of rotatable bonds is 6. The number of anilines is 6. The Labute approximate surface area is 387 Å². The van der Waals surface area contributed by atoms with Crippen molar-refractivity contribution in [3.05, 3.63) is 276 Å². The third kappa shape index (κ3) is 5.48. The summed E-state index contributed by atoms with van der Waals surface area (Å²) in [7, 11) is 0. The summed E-state index contributed by atoms with van der Waals surface area (Å²) in [6, 6.07) is 90.0. The van der Waals surface area contributed by atoms with Gasteiger partial charge < -0.3 is 9.80 Å². The van der Waals surface area contributed by atoms with Crippen molar-refractivity contribution in [2.75, 3.05) is 9.80 Å². The van der Waals surface area contributed by atoms with Crippen molar-refractivity contribution in [3.8, 4) is 44.5 Å². The molecule has 2 heteroatoms. The molecule has 0 radical (unpaired) electrons. The van der Waals surface area contributed by atoms with E-state index in [4.69, 9.17) is 0 Å². The Balaban J connectivity index is 1.02. The number of fused-ring (bicyclic) bond motifs is 12. The second-order valence-corrected chi connectivity index (χ2v) is 18.4. The van der Waals surface area contributed by atoms with Crippen molar-refractivity contribution in [2.45, 2.75) is 24.7 Å². The Hall–Kier alpha value is -8.20. The van der Waals surface area contributed by atoms with E-state index < -0.39 is 5.41 Å². The third-order valence-corrected chi connectivity index (χ3v) is 14.6. The number of nitrogens with zero attached hydrogens (tertiary/aromatic N) is 2. The summed E-state index contributed by atoms with van der Waals surface area (Å²) in [4.78, 5) is 4.92. The molecule has 0 fully saturated rings. The minimum Gasteiger partial charge on any atom is -0.310 e. The average molecular weight is 843 g/mol. The molecule has 2 aliphatic carbocycles. The molecule has 0 saturated carbocycles. The summed E-state index contributed by atoms with van der Waals surface area (Å²) in [5.41, 5.74) is 24.2. The number of hydrogen-bond acceptors (Lipinski definition) is 2. The molecule has 0 bridgehead atoms. The maximum atomic E-state index is 2.48. The van der Waals surface area contributed by atoms with E-state index in [1.807, 2.05) is 0 Å². The van der Waals surface area contributed by atoms with E-state index in [0.717, 1.165) is 22.7 Å². The van der Waals surface area contributed by atoms with Gasteiger partial charge in [-0.25, -0.2) is 0 Å². The van der Waals surface area contributed by atoms with Crippen LogP contribution in [0.5, 0.6) is 0 Å². The molecule has 1 spiro atoms. The van der Waals surface area contributed by atoms with Crippen LogP contribution < -0.4 is 9.80 Å². The second-order valence-electron chi connectivity index (χ2n) is 18.4. The first-order valence-electron chi connectivity index (χ1n) is 23.1. The Morgan fingerprint density at radius 3 is 1.55 bits per heavy atom. The van der Waals surface area contributed by atoms with Gasteiger partial charge in [-0.1, -0.05) is 196 Å². The highest BCUT2D eigenvalue weighted by atomic mass is 15.2. The molecule has 0 atom stereocenters. The molecule has 0 saturated heterocycles. The van der Waals surface area contributed by atoms with Crippen molar-refractivity contribution in [3.63, 3.8) is 0 Å². The molecule has 312 valence electrons. The molecule has 2 nitrogen and oxygen atoms in total. The molecule has 0 aromatic heterocycles. The second kappa shape index (κ2) is 14.7. The zero-order valence-corrected chi connectivity index (χ0v) is 37.0. The van der Waals surface area contributed by atoms with Crippen LogP contribution in [0.15, 0.2) is 243 Å². The lowest BCUT2D eigenvalue weighted by molar-refractivity contribution is 0.660. The van der Waals surface area contributed by atoms with E-state index in [1.54, 1.807) is 0 Å². The molecular formula is C64H46N2. The minimum absolute atomic E-state index is 0.0856. The molecule has 0 unspecified atom stereocenters. The maximum absolute atomic E-state index is 2.48. The van der Waals surface area contributed by atoms with Crippen LogP contribution in [0.4, 0.5) is 34.1 Å². The van der Waals surface area contributed by atoms with Gasteiger partial charge in [0.25, 0.3) is 0 Å². The average Bonchev–Trinajstić information content (AvgIpc) is 3.79. The molecule has 1 aliphatic heterocycles. The molecule has 1 heterocycles. The van der Waals surface area contributed by atoms with E-state index >= 15 is 0 Å². The fraction of sp³-hybridized carbons (Fsp3) is 0.0625. The molecule has 3 aliphatic rings. The van der Waals surface area contributed by atoms with E-state index in [0.29, 0.717) is 0 Å². The number of benzene rings is 10. The van der Waals surface area contributed by atoms with Gasteiger partial charge in [0.1, 0.15) is 0 Å². The molecule has 10 aromatic carbocycles. The lowest BCUT2D eigenvalue weighted by atomic mass is 9.64. The van der Waals surface area contributed by atoms with E-state index in [1.165, 1.54) is 89.3 Å². The largest absolute Gasteiger partial charge is 0.310 e. The van der Waals surface area contributed by atoms with Crippen LogP contribution in [0.3, 0.4) is 0 Å². The summed E-state index contributed by atoms with van der Waals surface area (Å²) in [5.74, 6) is 0. The predicted molar refractivity (Wildman–Crippen MR) is 275 cm³/mol. The Kier molecular flexibility index (Phi) is 8.51. The third-order valence-electron chi connectivity index (χ3n) is 14.6. The molecule has 0 amide bonds. The SMILES string of the molecule is CC1(C)c2ccccc2-c2cc(N(c3cccc(-c4ccccc4)c3)c3ccccc3-c3ccc4c(c3)-c3ccccc3C43c4ccccc4N(c4ccccc4)c4ccccc43)ccc21. The zero-order chi connectivity index (χ0) is 44.0. The van der Waals surface area contributed by atoms with E-state index in [2.05, 4.69) is 266 Å². The van der Waals surface area contributed by atoms with E-state index in [-0.39, 0.29) is 5.41 Å². The lowest BCUT2D eigenvalue weighted by Crippen LogP contribution is -2.36. The van der Waals surface area contributed by atoms with Crippen LogP contribution in [-0.4, -0.2) is 0 Å². The van der Waals surface area contributed by atoms with Crippen LogP contribution >= 0.6 is 0 Å². The summed E-state index contributed by atoms with van der Waals surface area (Å²) in [5, 5.41) is 0. The van der Waals surface area contributed by atoms with Crippen molar-refractivity contribution in [2.24, 2.45) is 0 Å². The highest BCUT2D eigenvalue weighted by molar-refractivity contribution is 5.98. The highest BCUT2D eigenvalue weighted by Crippen LogP contribution is 2.64. The van der Waals surface area contributed by atoms with Gasteiger partial charge in [0.15, 0.2) is 0 Å². The summed E-state index contributed by atoms with van der Waals surface area (Å²) < 4.78 is 0. The maximum Gasteiger partial charge on any atom is 0.0754 e. The first kappa shape index (κ1) is 38.3. The van der Waals surface area contributed by atoms with Gasteiger partial charge in [-0.05, 0) is 133 Å². The molecule has 13 rings (SSSR count). The van der Waals surface area contributed by atoms with E-state index in [9.17, 15) is 0 Å². The molecule has 66 heavy (non-hydrogen) atoms. The first-order chi connectivity index (χ1) is 32.5. The minimum atomic E-state index is -0.513. The van der Waals surface area contributed by atoms with Gasteiger partial charge in [0.05, 0.1) is 22.5 Å². The highest BCUT2D eigenvalue weighted by Gasteiger charge is 2.51. The standard InChI is InChI=1S/C64H46N2/c1-63(2)54-29-12-9-27-50(54)53-42-48(37-39-55(53)63)65(47-25-19-22-44(40-47)43-20-5-3-6-21-43)60-33-16-11-26-49(60)45-36-38-57-52(41-45)51-28-10-13-30-56(51)64(57)58-31-14-17-34-61(58)66(46-23-7-4-8-24-46)62-35-18-15-32-59(62)64/h3-42H,1-2H3. The summed E-state index contributed by atoms with van der Waals surface area (Å²) in [6.45, 7) is 4.71. The van der Waals surface area contributed by atoms with Gasteiger partial charge in [-0.15, -0.1) is 0 Å². The first-order valence-corrected chi connectivity index (χ1v) is 23.1. The Morgan fingerprint density at radius 2 is 0.818 bits per heavy atom. The molecule has 0 N–H and O–H groups in total. The topological polar surface area (TPSA) is 6.48 Å². The zero-order valence-electron chi connectivity index (χ0n) is 37.0. The van der Waals surface area contributed by atoms with Gasteiger partial charge in [-0.3, -0.25) is 0 Å². The summed E-state index contributed by atoms with van der Waals surface area (Å²) >= 11 is 0. The van der Waals surface area contributed by atoms with Crippen LogP contribution in [0.1, 0.15) is 47.2 Å². The predicted octanol–water partition coefficient (Wildman–Crippen LogP) is 16.9. The number of hydrogen-bond donors (Lipinski definition) is 0. The van der Waals surface area contributed by atoms with Crippen molar-refractivity contribution < 1.29 is 0 Å². The Bertz CT molecular complexity index is 3480. The normalized spacial score (nSPS) is 14.1. The fourth-order valence-electron chi connectivity index (χ4n) is 11.8. The quantitative estimate of drug-likeness (QED) is 0.165. The number of para-hydroxylation sites is 4. The lowest BCUT2D eigenvalue weighted by Gasteiger charge is -2.45. The van der Waals surface area contributed by atoms with Crippen LogP contribution in [-0.2, 0) is 10.8 Å². The van der Waals surface area contributed by atoms with Gasteiger partial charge in [0, 0.05) is 28.0 Å². The van der Waals surface area contributed by atoms with Crippen molar-refractivity contribution in [1.82, 2.24) is 0 Å². The van der Waals surface area contributed by atoms with Crippen molar-refractivity contribution >= 4 is 34.1 Å². The van der Waals surface area contributed by atoms with Crippen molar-refractivity contribution in [1.29, 1.82) is 0 Å². The van der Waals surface area contributed by atoms with Gasteiger partial charge in [-0.2, -0.15) is 0 Å². The fourth-order valence-corrected chi connectivity index (χ4v) is 11.8. The van der Waals surface area contributed by atoms with Crippen LogP contribution in [0.25, 0.3) is 44.5 Å². The van der Waals surface area contributed by atoms with Gasteiger partial charge in [0.2, 0.25) is 0 Å². The van der Waals surface area contributed by atoms with Crippen LogP contribution in [0, 0.1) is 0 Å². The summed E-state index contributed by atoms with van der Waals surface area (Å²) in [6.07, 6.45) is 0. The molecular weight excluding hydrogens is 797 g/mol. The van der Waals surface area contributed by atoms with Gasteiger partial charge >= 0.3 is 0 Å². The smallest absolute Gasteiger partial charge is 0.0754 e. The van der Waals surface area contributed by atoms with Crippen LogP contribution in [0.2, 0.25) is 0 Å². The molecule has 10 aromatic rings. The monoisotopic (exact) mass is 842 g/mol. The Morgan fingerprint density at radius 1 is 0.318 bits per heavy atom.